The van der Waals surface area contributed by atoms with Crippen LogP contribution in [-0.4, -0.2) is 26.3 Å². The van der Waals surface area contributed by atoms with Crippen LogP contribution in [-0.2, 0) is 0 Å². The number of phenols is 1. The summed E-state index contributed by atoms with van der Waals surface area (Å²) in [6.07, 6.45) is 1.61. The Bertz CT molecular complexity index is 1070. The summed E-state index contributed by atoms with van der Waals surface area (Å²) in [7, 11) is 0. The van der Waals surface area contributed by atoms with Crippen molar-refractivity contribution in [2.45, 2.75) is 6.92 Å². The van der Waals surface area contributed by atoms with Gasteiger partial charge in [0.1, 0.15) is 11.4 Å². The minimum absolute atomic E-state index is 0.161. The van der Waals surface area contributed by atoms with E-state index in [9.17, 15) is 5.11 Å². The van der Waals surface area contributed by atoms with E-state index in [4.69, 9.17) is 11.6 Å². The molecule has 0 amide bonds. The lowest BCUT2D eigenvalue weighted by molar-refractivity contribution is 0.474. The molecule has 28 heavy (non-hydrogen) atoms. The third kappa shape index (κ3) is 3.66. The molecule has 0 aliphatic heterocycles. The molecule has 3 aromatic carbocycles. The van der Waals surface area contributed by atoms with Gasteiger partial charge < -0.3 is 5.11 Å². The van der Waals surface area contributed by atoms with Gasteiger partial charge in [-0.2, -0.15) is 4.68 Å². The average molecular weight is 389 g/mol. The Morgan fingerprint density at radius 1 is 0.964 bits per heavy atom. The van der Waals surface area contributed by atoms with Crippen LogP contribution in [0.5, 0.6) is 5.75 Å². The van der Waals surface area contributed by atoms with Crippen molar-refractivity contribution in [2.75, 3.05) is 0 Å². The highest BCUT2D eigenvalue weighted by Crippen LogP contribution is 2.31. The quantitative estimate of drug-likeness (QED) is 0.479. The van der Waals surface area contributed by atoms with E-state index in [2.05, 4.69) is 15.3 Å². The minimum Gasteiger partial charge on any atom is -0.507 e. The number of aliphatic imine (C=N–C) groups is 1. The molecule has 1 heterocycles. The van der Waals surface area contributed by atoms with Crippen molar-refractivity contribution in [1.82, 2.24) is 15.0 Å². The second-order valence-corrected chi connectivity index (χ2v) is 6.77. The van der Waals surface area contributed by atoms with E-state index >= 15 is 0 Å². The predicted molar refractivity (Wildman–Crippen MR) is 112 cm³/mol. The molecule has 0 atom stereocenters. The molecule has 4 aromatic rings. The zero-order valence-electron chi connectivity index (χ0n) is 15.1. The van der Waals surface area contributed by atoms with Gasteiger partial charge in [0.2, 0.25) is 0 Å². The topological polar surface area (TPSA) is 63.3 Å². The molecule has 0 saturated carbocycles. The Morgan fingerprint density at radius 2 is 1.68 bits per heavy atom. The van der Waals surface area contributed by atoms with Gasteiger partial charge in [-0.3, -0.25) is 0 Å². The van der Waals surface area contributed by atoms with Crippen LogP contribution < -0.4 is 0 Å². The lowest BCUT2D eigenvalue weighted by Gasteiger charge is -2.05. The Morgan fingerprint density at radius 3 is 2.39 bits per heavy atom. The molecule has 6 heteroatoms. The highest BCUT2D eigenvalue weighted by molar-refractivity contribution is 6.30. The number of phenolic OH excluding ortho intramolecular Hbond substituents is 1. The van der Waals surface area contributed by atoms with Crippen LogP contribution in [0.25, 0.3) is 16.9 Å². The van der Waals surface area contributed by atoms with Crippen molar-refractivity contribution in [1.29, 1.82) is 0 Å². The first-order valence-corrected chi connectivity index (χ1v) is 9.10. The summed E-state index contributed by atoms with van der Waals surface area (Å²) in [4.78, 5) is 4.61. The van der Waals surface area contributed by atoms with E-state index in [1.807, 2.05) is 49.4 Å². The number of hydrogen-bond acceptors (Lipinski definition) is 4. The molecule has 0 unspecified atom stereocenters. The molecule has 0 saturated heterocycles. The fraction of sp³-hybridized carbons (Fsp3) is 0.0455. The number of para-hydroxylation sites is 1. The van der Waals surface area contributed by atoms with Gasteiger partial charge in [-0.1, -0.05) is 58.8 Å². The number of benzene rings is 3. The smallest absolute Gasteiger partial charge is 0.184 e. The summed E-state index contributed by atoms with van der Waals surface area (Å²) in [5.41, 5.74) is 4.13. The fourth-order valence-corrected chi connectivity index (χ4v) is 2.90. The van der Waals surface area contributed by atoms with Crippen molar-refractivity contribution < 1.29 is 5.11 Å². The van der Waals surface area contributed by atoms with Crippen molar-refractivity contribution in [3.63, 3.8) is 0 Å². The SMILES string of the molecule is Cc1ccc(-c2nnn(-c3ccc(Cl)cc3)c2/N=C/c2ccccc2O)cc1. The molecule has 1 aromatic heterocycles. The Kier molecular flexibility index (Phi) is 4.91. The van der Waals surface area contributed by atoms with Crippen molar-refractivity contribution in [3.05, 3.63) is 88.9 Å². The third-order valence-electron chi connectivity index (χ3n) is 4.31. The molecule has 1 N–H and O–H groups in total. The van der Waals surface area contributed by atoms with Crippen molar-refractivity contribution in [2.24, 2.45) is 4.99 Å². The molecule has 0 bridgehead atoms. The van der Waals surface area contributed by atoms with Gasteiger partial charge >= 0.3 is 0 Å². The maximum atomic E-state index is 10.0. The van der Waals surface area contributed by atoms with Crippen LogP contribution in [0.2, 0.25) is 5.02 Å². The summed E-state index contributed by atoms with van der Waals surface area (Å²) >= 11 is 6.01. The summed E-state index contributed by atoms with van der Waals surface area (Å²) in [6, 6.07) is 22.3. The molecular weight excluding hydrogens is 372 g/mol. The van der Waals surface area contributed by atoms with Gasteiger partial charge in [-0.25, -0.2) is 4.99 Å². The summed E-state index contributed by atoms with van der Waals surface area (Å²) in [5.74, 6) is 0.725. The van der Waals surface area contributed by atoms with Gasteiger partial charge in [-0.05, 0) is 43.3 Å². The standard InChI is InChI=1S/C22H17ClN4O/c1-15-6-8-16(9-7-15)21-22(24-14-17-4-2-3-5-20(17)28)27(26-25-21)19-12-10-18(23)11-13-19/h2-14,28H,1H3/b24-14+. The van der Waals surface area contributed by atoms with Crippen LogP contribution in [0.15, 0.2) is 77.8 Å². The number of aromatic nitrogens is 3. The van der Waals surface area contributed by atoms with Crippen LogP contribution >= 0.6 is 11.6 Å². The zero-order valence-corrected chi connectivity index (χ0v) is 15.9. The molecule has 0 fully saturated rings. The van der Waals surface area contributed by atoms with Crippen LogP contribution in [0.3, 0.4) is 0 Å². The largest absolute Gasteiger partial charge is 0.507 e. The Labute approximate surface area is 167 Å². The van der Waals surface area contributed by atoms with E-state index in [1.54, 1.807) is 41.2 Å². The molecule has 0 radical (unpaired) electrons. The number of hydrogen-bond donors (Lipinski definition) is 1. The van der Waals surface area contributed by atoms with Crippen LogP contribution in [0, 0.1) is 6.92 Å². The highest BCUT2D eigenvalue weighted by Gasteiger charge is 2.15. The van der Waals surface area contributed by atoms with Crippen LogP contribution in [0.1, 0.15) is 11.1 Å². The highest BCUT2D eigenvalue weighted by atomic mass is 35.5. The first-order valence-electron chi connectivity index (χ1n) is 8.72. The first kappa shape index (κ1) is 17.9. The van der Waals surface area contributed by atoms with Gasteiger partial charge in [0, 0.05) is 22.4 Å². The molecular formula is C22H17ClN4O. The number of aromatic hydroxyl groups is 1. The molecule has 138 valence electrons. The average Bonchev–Trinajstić information content (AvgIpc) is 3.12. The normalized spacial score (nSPS) is 11.2. The number of rotatable bonds is 4. The number of aryl methyl sites for hydroxylation is 1. The van der Waals surface area contributed by atoms with Crippen molar-refractivity contribution in [3.8, 4) is 22.7 Å². The maximum Gasteiger partial charge on any atom is 0.184 e. The predicted octanol–water partition coefficient (Wildman–Crippen LogP) is 5.35. The minimum atomic E-state index is 0.161. The van der Waals surface area contributed by atoms with E-state index < -0.39 is 0 Å². The molecule has 0 spiro atoms. The van der Waals surface area contributed by atoms with Gasteiger partial charge in [0.05, 0.1) is 5.69 Å². The Balaban J connectivity index is 1.84. The van der Waals surface area contributed by atoms with Crippen molar-refractivity contribution >= 4 is 23.6 Å². The zero-order chi connectivity index (χ0) is 19.5. The number of halogens is 1. The van der Waals surface area contributed by atoms with E-state index in [0.717, 1.165) is 16.8 Å². The first-order chi connectivity index (χ1) is 13.6. The van der Waals surface area contributed by atoms with Gasteiger partial charge in [-0.15, -0.1) is 5.10 Å². The molecule has 0 aliphatic rings. The monoisotopic (exact) mass is 388 g/mol. The van der Waals surface area contributed by atoms with E-state index in [-0.39, 0.29) is 5.75 Å². The second-order valence-electron chi connectivity index (χ2n) is 6.33. The lowest BCUT2D eigenvalue weighted by Crippen LogP contribution is -1.96. The Hall–Kier alpha value is -3.44. The third-order valence-corrected chi connectivity index (χ3v) is 4.56. The molecule has 0 aliphatic carbocycles. The summed E-state index contributed by atoms with van der Waals surface area (Å²) < 4.78 is 1.65. The summed E-state index contributed by atoms with van der Waals surface area (Å²) in [6.45, 7) is 2.03. The van der Waals surface area contributed by atoms with Gasteiger partial charge in [0.15, 0.2) is 5.82 Å². The summed E-state index contributed by atoms with van der Waals surface area (Å²) in [5, 5.41) is 19.3. The van der Waals surface area contributed by atoms with E-state index in [0.29, 0.717) is 22.1 Å². The van der Waals surface area contributed by atoms with E-state index in [1.165, 1.54) is 0 Å². The maximum absolute atomic E-state index is 10.0. The molecule has 5 nitrogen and oxygen atoms in total. The molecule has 4 rings (SSSR count). The number of nitrogens with zero attached hydrogens (tertiary/aromatic N) is 4. The van der Waals surface area contributed by atoms with Crippen LogP contribution in [0.4, 0.5) is 5.82 Å². The lowest BCUT2D eigenvalue weighted by atomic mass is 10.1. The second kappa shape index (κ2) is 7.66. The van der Waals surface area contributed by atoms with Gasteiger partial charge in [0.25, 0.3) is 0 Å². The fourth-order valence-electron chi connectivity index (χ4n) is 2.77.